The van der Waals surface area contributed by atoms with E-state index < -0.39 is 5.54 Å². The van der Waals surface area contributed by atoms with Crippen molar-refractivity contribution in [2.75, 3.05) is 47.3 Å². The van der Waals surface area contributed by atoms with Crippen LogP contribution < -0.4 is 5.32 Å². The van der Waals surface area contributed by atoms with Crippen molar-refractivity contribution in [2.24, 2.45) is 5.92 Å². The van der Waals surface area contributed by atoms with Crippen LogP contribution in [0.15, 0.2) is 48.5 Å². The number of nitrogens with zero attached hydrogens (tertiary/aromatic N) is 3. The van der Waals surface area contributed by atoms with Crippen molar-refractivity contribution in [3.05, 3.63) is 69.7 Å². The van der Waals surface area contributed by atoms with Crippen LogP contribution in [0.25, 0.3) is 0 Å². The van der Waals surface area contributed by atoms with Crippen molar-refractivity contribution in [1.82, 2.24) is 20.0 Å². The Hall–Kier alpha value is -2.12. The van der Waals surface area contributed by atoms with Gasteiger partial charge in [0.15, 0.2) is 0 Å². The average Bonchev–Trinajstić information content (AvgIpc) is 3.82. The Balaban J connectivity index is 1.32. The highest BCUT2D eigenvalue weighted by Gasteiger charge is 2.49. The molecule has 1 saturated carbocycles. The van der Waals surface area contributed by atoms with Crippen LogP contribution in [0.1, 0.15) is 74.3 Å². The zero-order chi connectivity index (χ0) is 29.9. The number of likely N-dealkylation sites (N-methyl/N-ethyl adjacent to an activating group) is 2. The topological polar surface area (TPSA) is 55.9 Å². The van der Waals surface area contributed by atoms with Gasteiger partial charge >= 0.3 is 0 Å². The van der Waals surface area contributed by atoms with Crippen LogP contribution in [0.5, 0.6) is 0 Å². The van der Waals surface area contributed by atoms with Gasteiger partial charge in [0.25, 0.3) is 0 Å². The predicted octanol–water partition coefficient (Wildman–Crippen LogP) is 6.18. The van der Waals surface area contributed by atoms with Crippen LogP contribution in [0.3, 0.4) is 0 Å². The van der Waals surface area contributed by atoms with Crippen molar-refractivity contribution >= 4 is 35.0 Å². The fourth-order valence-electron chi connectivity index (χ4n) is 7.51. The van der Waals surface area contributed by atoms with Gasteiger partial charge in [-0.3, -0.25) is 14.5 Å². The summed E-state index contributed by atoms with van der Waals surface area (Å²) in [6.45, 7) is 3.33. The largest absolute Gasteiger partial charge is 0.347 e. The molecule has 2 aromatic rings. The van der Waals surface area contributed by atoms with Gasteiger partial charge in [0.05, 0.1) is 10.0 Å². The molecule has 0 radical (unpaired) electrons. The third-order valence-corrected chi connectivity index (χ3v) is 10.6. The summed E-state index contributed by atoms with van der Waals surface area (Å²) >= 11 is 12.8. The predicted molar refractivity (Wildman–Crippen MR) is 171 cm³/mol. The molecule has 2 amide bonds. The molecule has 0 spiro atoms. The molecule has 2 aliphatic heterocycles. The number of nitrogens with one attached hydrogen (secondary N) is 1. The molecule has 3 aliphatic rings. The van der Waals surface area contributed by atoms with Crippen LogP contribution in [0.2, 0.25) is 10.0 Å². The summed E-state index contributed by atoms with van der Waals surface area (Å²) in [5.41, 5.74) is 1.92. The van der Waals surface area contributed by atoms with Gasteiger partial charge in [-0.15, -0.1) is 0 Å². The Labute approximate surface area is 261 Å². The lowest BCUT2D eigenvalue weighted by atomic mass is 9.80. The number of hydrogen-bond donors (Lipinski definition) is 1. The van der Waals surface area contributed by atoms with Gasteiger partial charge in [-0.2, -0.15) is 0 Å². The zero-order valence-electron chi connectivity index (χ0n) is 25.3. The first-order chi connectivity index (χ1) is 20.2. The zero-order valence-corrected chi connectivity index (χ0v) is 26.8. The lowest BCUT2D eigenvalue weighted by molar-refractivity contribution is -0.148. The van der Waals surface area contributed by atoms with Crippen LogP contribution in [-0.4, -0.2) is 85.4 Å². The first-order valence-corrected chi connectivity index (χ1v) is 16.4. The molecule has 1 aliphatic carbocycles. The lowest BCUT2D eigenvalue weighted by Gasteiger charge is -2.51. The monoisotopic (exact) mass is 612 g/mol. The summed E-state index contributed by atoms with van der Waals surface area (Å²) in [4.78, 5) is 33.5. The van der Waals surface area contributed by atoms with E-state index in [1.54, 1.807) is 4.90 Å². The maximum Gasteiger partial charge on any atom is 0.242 e. The van der Waals surface area contributed by atoms with E-state index >= 15 is 0 Å². The number of carbonyl (C=O) groups excluding carboxylic acids is 2. The Morgan fingerprint density at radius 1 is 1.02 bits per heavy atom. The molecule has 3 fully saturated rings. The molecule has 2 heterocycles. The molecule has 5 rings (SSSR count). The Morgan fingerprint density at radius 2 is 1.76 bits per heavy atom. The van der Waals surface area contributed by atoms with Crippen LogP contribution >= 0.6 is 23.2 Å². The Kier molecular flexibility index (Phi) is 10.2. The number of hydrogen-bond acceptors (Lipinski definition) is 4. The minimum atomic E-state index is -0.440. The molecule has 8 heteroatoms. The highest BCUT2D eigenvalue weighted by molar-refractivity contribution is 6.42. The van der Waals surface area contributed by atoms with Crippen molar-refractivity contribution in [2.45, 2.75) is 74.8 Å². The molecule has 42 heavy (non-hydrogen) atoms. The van der Waals surface area contributed by atoms with Gasteiger partial charge in [0.1, 0.15) is 5.54 Å². The molecule has 1 N–H and O–H groups in total. The molecular weight excluding hydrogens is 567 g/mol. The summed E-state index contributed by atoms with van der Waals surface area (Å²) in [6, 6.07) is 16.6. The van der Waals surface area contributed by atoms with Gasteiger partial charge in [0, 0.05) is 45.6 Å². The van der Waals surface area contributed by atoms with Gasteiger partial charge in [0.2, 0.25) is 11.8 Å². The van der Waals surface area contributed by atoms with E-state index in [2.05, 4.69) is 28.4 Å². The first kappa shape index (κ1) is 31.3. The maximum absolute atomic E-state index is 13.7. The summed E-state index contributed by atoms with van der Waals surface area (Å²) < 4.78 is 0. The average molecular weight is 614 g/mol. The van der Waals surface area contributed by atoms with Crippen LogP contribution in [0.4, 0.5) is 0 Å². The molecule has 4 unspecified atom stereocenters. The van der Waals surface area contributed by atoms with Crippen molar-refractivity contribution in [1.29, 1.82) is 0 Å². The van der Waals surface area contributed by atoms with E-state index in [1.807, 2.05) is 56.4 Å². The quantitative estimate of drug-likeness (QED) is 0.348. The van der Waals surface area contributed by atoms with E-state index in [-0.39, 0.29) is 23.7 Å². The lowest BCUT2D eigenvalue weighted by Crippen LogP contribution is -2.66. The van der Waals surface area contributed by atoms with Crippen LogP contribution in [0, 0.1) is 5.92 Å². The number of carbonyl (C=O) groups is 2. The SMILES string of the molecule is CN(C)C(=O)C1(N2CCCCC2CCC(CN(C)C(=O)C2CC2c2ccccc2)c2ccc(Cl)c(Cl)c2)CCNCC1. The molecule has 0 aromatic heterocycles. The fraction of sp³-hybridized carbons (Fsp3) is 0.588. The minimum Gasteiger partial charge on any atom is -0.347 e. The molecule has 2 aromatic carbocycles. The van der Waals surface area contributed by atoms with E-state index in [4.69, 9.17) is 23.2 Å². The standard InChI is InChI=1S/C34H46Cl2N4O2/c1-38(2)33(42)34(16-18-37-19-17-34)40-20-8-7-11-27(40)14-12-26(25-13-15-30(35)31(36)21-25)23-39(3)32(41)29-22-28(29)24-9-5-4-6-10-24/h4-6,9-10,13,15,21,26-29,37H,7-8,11-12,14,16-20,22-23H2,1-3H3. The number of halogens is 2. The minimum absolute atomic E-state index is 0.0532. The first-order valence-electron chi connectivity index (χ1n) is 15.7. The number of amides is 2. The van der Waals surface area contributed by atoms with Gasteiger partial charge in [-0.05, 0) is 93.8 Å². The van der Waals surface area contributed by atoms with E-state index in [0.717, 1.165) is 70.1 Å². The molecule has 4 atom stereocenters. The maximum atomic E-state index is 13.7. The molecule has 2 saturated heterocycles. The highest BCUT2D eigenvalue weighted by atomic mass is 35.5. The summed E-state index contributed by atoms with van der Waals surface area (Å²) in [5, 5.41) is 4.56. The summed E-state index contributed by atoms with van der Waals surface area (Å²) in [5.74, 6) is 0.950. The fourth-order valence-corrected chi connectivity index (χ4v) is 7.81. The third kappa shape index (κ3) is 6.83. The van der Waals surface area contributed by atoms with E-state index in [9.17, 15) is 9.59 Å². The van der Waals surface area contributed by atoms with Gasteiger partial charge in [-0.25, -0.2) is 0 Å². The second-order valence-electron chi connectivity index (χ2n) is 12.9. The van der Waals surface area contributed by atoms with Crippen molar-refractivity contribution in [3.8, 4) is 0 Å². The summed E-state index contributed by atoms with van der Waals surface area (Å²) in [6.07, 6.45) is 7.90. The molecule has 6 nitrogen and oxygen atoms in total. The van der Waals surface area contributed by atoms with Gasteiger partial charge < -0.3 is 15.1 Å². The molecular formula is C34H46Cl2N4O2. The normalized spacial score (nSPS) is 24.5. The number of benzene rings is 2. The molecule has 228 valence electrons. The van der Waals surface area contributed by atoms with Crippen molar-refractivity contribution in [3.63, 3.8) is 0 Å². The van der Waals surface area contributed by atoms with E-state index in [1.165, 1.54) is 12.0 Å². The van der Waals surface area contributed by atoms with Gasteiger partial charge in [-0.1, -0.05) is 66.0 Å². The number of likely N-dealkylation sites (tertiary alicyclic amines) is 1. The molecule has 0 bridgehead atoms. The Bertz CT molecular complexity index is 1230. The van der Waals surface area contributed by atoms with Crippen LogP contribution in [-0.2, 0) is 9.59 Å². The van der Waals surface area contributed by atoms with Crippen molar-refractivity contribution < 1.29 is 9.59 Å². The summed E-state index contributed by atoms with van der Waals surface area (Å²) in [7, 11) is 5.72. The number of piperidine rings is 2. The second kappa shape index (κ2) is 13.7. The third-order valence-electron chi connectivity index (χ3n) is 9.88. The highest BCUT2D eigenvalue weighted by Crippen LogP contribution is 2.48. The number of rotatable bonds is 10. The Morgan fingerprint density at radius 3 is 2.45 bits per heavy atom. The smallest absolute Gasteiger partial charge is 0.242 e. The second-order valence-corrected chi connectivity index (χ2v) is 13.7. The van der Waals surface area contributed by atoms with E-state index in [0.29, 0.717) is 28.5 Å².